The Labute approximate surface area is 338 Å². The van der Waals surface area contributed by atoms with E-state index >= 15 is 0 Å². The first-order valence-corrected chi connectivity index (χ1v) is 19.7. The van der Waals surface area contributed by atoms with E-state index in [1.165, 1.54) is 0 Å². The number of hydrogen-bond acceptors (Lipinski definition) is 6. The molecule has 278 valence electrons. The van der Waals surface area contributed by atoms with E-state index in [4.69, 9.17) is 18.2 Å². The predicted molar refractivity (Wildman–Crippen MR) is 241 cm³/mol. The Bertz CT molecular complexity index is 3520. The van der Waals surface area contributed by atoms with Gasteiger partial charge in [0.05, 0.1) is 5.69 Å². The number of nitrogens with zero attached hydrogens (tertiary/aromatic N) is 3. The molecule has 0 aliphatic rings. The first-order valence-electron chi connectivity index (χ1n) is 19.7. The zero-order chi connectivity index (χ0) is 38.9. The highest BCUT2D eigenvalue weighted by atomic mass is 16.3. The van der Waals surface area contributed by atoms with Gasteiger partial charge in [-0.3, -0.25) is 0 Å². The first-order chi connectivity index (χ1) is 29.2. The Hall–Kier alpha value is -8.09. The van der Waals surface area contributed by atoms with Crippen molar-refractivity contribution in [1.29, 1.82) is 0 Å². The number of benzene rings is 9. The minimum absolute atomic E-state index is 0.563. The lowest BCUT2D eigenvalue weighted by Crippen LogP contribution is -2.12. The van der Waals surface area contributed by atoms with Gasteiger partial charge in [-0.15, -0.1) is 0 Å². The lowest BCUT2D eigenvalue weighted by Gasteiger charge is -2.28. The third kappa shape index (κ3) is 5.46. The maximum absolute atomic E-state index is 6.71. The molecule has 0 aliphatic heterocycles. The fourth-order valence-electron chi connectivity index (χ4n) is 8.54. The Balaban J connectivity index is 1.12. The Morgan fingerprint density at radius 3 is 1.44 bits per heavy atom. The fourth-order valence-corrected chi connectivity index (χ4v) is 8.54. The molecule has 59 heavy (non-hydrogen) atoms. The molecule has 0 aliphatic carbocycles. The van der Waals surface area contributed by atoms with Crippen LogP contribution in [0.25, 0.3) is 77.2 Å². The summed E-state index contributed by atoms with van der Waals surface area (Å²) in [4.78, 5) is 9.86. The quantitative estimate of drug-likeness (QED) is 0.161. The molecule has 6 heteroatoms. The molecule has 0 fully saturated rings. The zero-order valence-corrected chi connectivity index (χ0v) is 31.6. The molecule has 0 N–H and O–H groups in total. The van der Waals surface area contributed by atoms with Crippen LogP contribution in [0.1, 0.15) is 0 Å². The van der Waals surface area contributed by atoms with Gasteiger partial charge < -0.3 is 23.1 Å². The molecular formula is C53H33N3O3. The predicted octanol–water partition coefficient (Wildman–Crippen LogP) is 15.4. The smallest absolute Gasteiger partial charge is 0.227 e. The molecule has 6 nitrogen and oxygen atoms in total. The van der Waals surface area contributed by atoms with Crippen molar-refractivity contribution in [3.05, 3.63) is 200 Å². The van der Waals surface area contributed by atoms with Crippen molar-refractivity contribution >= 4 is 99.9 Å². The average molecular weight is 760 g/mol. The summed E-state index contributed by atoms with van der Waals surface area (Å²) in [5.41, 5.74) is 11.8. The number of oxazole rings is 1. The molecule has 0 saturated heterocycles. The van der Waals surface area contributed by atoms with E-state index < -0.39 is 0 Å². The van der Waals surface area contributed by atoms with Gasteiger partial charge in [0.1, 0.15) is 27.8 Å². The van der Waals surface area contributed by atoms with Crippen molar-refractivity contribution in [2.75, 3.05) is 9.80 Å². The number of rotatable bonds is 7. The van der Waals surface area contributed by atoms with Crippen LogP contribution in [0.3, 0.4) is 0 Å². The molecule has 12 aromatic rings. The summed E-state index contributed by atoms with van der Waals surface area (Å²) in [7, 11) is 0. The highest BCUT2D eigenvalue weighted by Gasteiger charge is 2.25. The Morgan fingerprint density at radius 2 is 0.814 bits per heavy atom. The molecule has 0 radical (unpaired) electrons. The van der Waals surface area contributed by atoms with E-state index in [-0.39, 0.29) is 0 Å². The van der Waals surface area contributed by atoms with Gasteiger partial charge in [0.25, 0.3) is 0 Å². The van der Waals surface area contributed by atoms with Crippen LogP contribution in [0.2, 0.25) is 0 Å². The third-order valence-corrected chi connectivity index (χ3v) is 11.2. The Morgan fingerprint density at radius 1 is 0.322 bits per heavy atom. The van der Waals surface area contributed by atoms with E-state index in [0.29, 0.717) is 11.5 Å². The maximum Gasteiger partial charge on any atom is 0.227 e. The first kappa shape index (κ1) is 33.1. The molecule has 0 saturated carbocycles. The van der Waals surface area contributed by atoms with Crippen LogP contribution >= 0.6 is 0 Å². The van der Waals surface area contributed by atoms with Crippen molar-refractivity contribution in [1.82, 2.24) is 4.98 Å². The van der Waals surface area contributed by atoms with Gasteiger partial charge >= 0.3 is 0 Å². The zero-order valence-electron chi connectivity index (χ0n) is 31.6. The molecule has 3 aromatic heterocycles. The van der Waals surface area contributed by atoms with Gasteiger partial charge in [0, 0.05) is 60.9 Å². The van der Waals surface area contributed by atoms with E-state index in [0.717, 1.165) is 99.9 Å². The van der Waals surface area contributed by atoms with Crippen LogP contribution < -0.4 is 9.80 Å². The van der Waals surface area contributed by atoms with Gasteiger partial charge in [0.15, 0.2) is 5.58 Å². The van der Waals surface area contributed by atoms with Crippen LogP contribution in [-0.2, 0) is 0 Å². The second-order valence-corrected chi connectivity index (χ2v) is 14.8. The average Bonchev–Trinajstić information content (AvgIpc) is 4.01. The van der Waals surface area contributed by atoms with Gasteiger partial charge in [-0.2, -0.15) is 0 Å². The van der Waals surface area contributed by atoms with Crippen LogP contribution in [0.4, 0.5) is 34.1 Å². The number of para-hydroxylation sites is 4. The number of aromatic nitrogens is 1. The minimum atomic E-state index is 0.563. The monoisotopic (exact) mass is 759 g/mol. The summed E-state index contributed by atoms with van der Waals surface area (Å²) in [6.07, 6.45) is 0. The summed E-state index contributed by atoms with van der Waals surface area (Å²) in [6.45, 7) is 0. The van der Waals surface area contributed by atoms with E-state index in [2.05, 4.69) is 143 Å². The molecule has 0 amide bonds. The molecule has 12 rings (SSSR count). The largest absolute Gasteiger partial charge is 0.456 e. The molecule has 0 atom stereocenters. The van der Waals surface area contributed by atoms with Crippen LogP contribution in [0.5, 0.6) is 0 Å². The van der Waals surface area contributed by atoms with Gasteiger partial charge in [-0.05, 0) is 109 Å². The molecule has 0 bridgehead atoms. The molecule has 0 unspecified atom stereocenters. The van der Waals surface area contributed by atoms with Gasteiger partial charge in [-0.25, -0.2) is 4.98 Å². The van der Waals surface area contributed by atoms with E-state index in [1.54, 1.807) is 0 Å². The fraction of sp³-hybridized carbons (Fsp3) is 0. The topological polar surface area (TPSA) is 58.8 Å². The summed E-state index contributed by atoms with van der Waals surface area (Å²) >= 11 is 0. The lowest BCUT2D eigenvalue weighted by atomic mass is 10.0. The molecular weight excluding hydrogens is 727 g/mol. The van der Waals surface area contributed by atoms with Gasteiger partial charge in [0.2, 0.25) is 5.89 Å². The highest BCUT2D eigenvalue weighted by Crippen LogP contribution is 2.47. The summed E-state index contributed by atoms with van der Waals surface area (Å²) in [5, 5.41) is 6.31. The van der Waals surface area contributed by atoms with Crippen molar-refractivity contribution in [2.45, 2.75) is 0 Å². The van der Waals surface area contributed by atoms with Crippen molar-refractivity contribution in [3.8, 4) is 11.5 Å². The molecule has 0 spiro atoms. The van der Waals surface area contributed by atoms with Crippen LogP contribution in [0, 0.1) is 0 Å². The Kier molecular flexibility index (Phi) is 7.43. The van der Waals surface area contributed by atoms with Crippen molar-refractivity contribution in [3.63, 3.8) is 0 Å². The summed E-state index contributed by atoms with van der Waals surface area (Å²) < 4.78 is 19.2. The second-order valence-electron chi connectivity index (χ2n) is 14.8. The number of hydrogen-bond donors (Lipinski definition) is 0. The standard InChI is InChI=1S/C53H33N3O3/c1-4-14-34(15-5-1)53-54-51-50(59-53)31-35-30-38(55(36-16-6-2-7-17-36)39-25-28-48-44(32-39)42-20-10-12-22-46(42)57-48)24-27-41(35)52(51)56(37-18-8-3-9-19-37)40-26-29-49-45(33-40)43-21-11-13-23-47(43)58-49/h1-33H. The molecule has 3 heterocycles. The van der Waals surface area contributed by atoms with Crippen molar-refractivity contribution < 1.29 is 13.3 Å². The third-order valence-electron chi connectivity index (χ3n) is 11.2. The van der Waals surface area contributed by atoms with E-state index in [9.17, 15) is 0 Å². The SMILES string of the molecule is c1ccc(-c2nc3c(N(c4ccccc4)c4ccc5oc6ccccc6c5c4)c4ccc(N(c5ccccc5)c5ccc6oc7ccccc7c6c5)cc4cc3o2)cc1. The number of furan rings is 2. The number of fused-ring (bicyclic) bond motifs is 8. The summed E-state index contributed by atoms with van der Waals surface area (Å²) in [5.74, 6) is 0.563. The van der Waals surface area contributed by atoms with Crippen LogP contribution in [-0.4, -0.2) is 4.98 Å². The lowest BCUT2D eigenvalue weighted by molar-refractivity contribution is 0.620. The van der Waals surface area contributed by atoms with E-state index in [1.807, 2.05) is 66.7 Å². The van der Waals surface area contributed by atoms with Crippen molar-refractivity contribution in [2.24, 2.45) is 0 Å². The normalized spacial score (nSPS) is 11.7. The highest BCUT2D eigenvalue weighted by molar-refractivity contribution is 6.14. The number of anilines is 6. The summed E-state index contributed by atoms with van der Waals surface area (Å²) in [6, 6.07) is 69.1. The maximum atomic E-state index is 6.71. The van der Waals surface area contributed by atoms with Crippen LogP contribution in [0.15, 0.2) is 213 Å². The van der Waals surface area contributed by atoms with Gasteiger partial charge in [-0.1, -0.05) is 97.1 Å². The molecule has 9 aromatic carbocycles. The minimum Gasteiger partial charge on any atom is -0.456 e. The second kappa shape index (κ2) is 13.3.